The number of aromatic carboxylic acids is 1. The van der Waals surface area contributed by atoms with Crippen molar-refractivity contribution in [3.63, 3.8) is 0 Å². The fourth-order valence-corrected chi connectivity index (χ4v) is 1.41. The summed E-state index contributed by atoms with van der Waals surface area (Å²) in [6.07, 6.45) is 0. The number of carbonyl (C=O) groups is 1. The van der Waals surface area contributed by atoms with Crippen LogP contribution in [0.1, 0.15) is 10.4 Å². The zero-order chi connectivity index (χ0) is 13.0. The van der Waals surface area contributed by atoms with Gasteiger partial charge in [0.2, 0.25) is 0 Å². The minimum Gasteiger partial charge on any atom is -0.506 e. The van der Waals surface area contributed by atoms with Crippen molar-refractivity contribution in [3.05, 3.63) is 54.1 Å². The van der Waals surface area contributed by atoms with E-state index in [1.807, 2.05) is 6.07 Å². The van der Waals surface area contributed by atoms with Crippen molar-refractivity contribution in [2.45, 2.75) is 0 Å². The minimum absolute atomic E-state index is 0.0474. The molecular formula is C13H10N2O3. The van der Waals surface area contributed by atoms with Crippen LogP contribution >= 0.6 is 0 Å². The summed E-state index contributed by atoms with van der Waals surface area (Å²) in [5.74, 6) is -1.37. The van der Waals surface area contributed by atoms with E-state index in [-0.39, 0.29) is 17.0 Å². The number of benzene rings is 2. The number of carboxylic acids is 1. The monoisotopic (exact) mass is 242 g/mol. The molecule has 0 bridgehead atoms. The van der Waals surface area contributed by atoms with Crippen LogP contribution in [-0.2, 0) is 0 Å². The topological polar surface area (TPSA) is 82.2 Å². The van der Waals surface area contributed by atoms with E-state index in [4.69, 9.17) is 5.11 Å². The van der Waals surface area contributed by atoms with Gasteiger partial charge < -0.3 is 10.2 Å². The van der Waals surface area contributed by atoms with Gasteiger partial charge in [0.15, 0.2) is 0 Å². The molecule has 5 nitrogen and oxygen atoms in total. The molecule has 2 rings (SSSR count). The first-order valence-electron chi connectivity index (χ1n) is 5.20. The Morgan fingerprint density at radius 3 is 2.33 bits per heavy atom. The van der Waals surface area contributed by atoms with Gasteiger partial charge in [-0.25, -0.2) is 4.79 Å². The summed E-state index contributed by atoms with van der Waals surface area (Å²) >= 11 is 0. The molecule has 0 amide bonds. The maximum Gasteiger partial charge on any atom is 0.338 e. The highest BCUT2D eigenvalue weighted by Gasteiger charge is 2.13. The minimum atomic E-state index is -1.16. The first-order chi connectivity index (χ1) is 8.68. The molecule has 0 saturated heterocycles. The number of hydrogen-bond donors (Lipinski definition) is 2. The Morgan fingerprint density at radius 1 is 0.944 bits per heavy atom. The second-order valence-electron chi connectivity index (χ2n) is 3.51. The van der Waals surface area contributed by atoms with Crippen molar-refractivity contribution in [1.29, 1.82) is 0 Å². The first kappa shape index (κ1) is 11.8. The van der Waals surface area contributed by atoms with Crippen molar-refractivity contribution >= 4 is 17.3 Å². The molecule has 0 heterocycles. The van der Waals surface area contributed by atoms with Crippen LogP contribution in [0.25, 0.3) is 0 Å². The highest BCUT2D eigenvalue weighted by molar-refractivity contribution is 5.94. The molecule has 0 unspecified atom stereocenters. The molecule has 2 N–H and O–H groups in total. The molecule has 90 valence electrons. The van der Waals surface area contributed by atoms with Crippen LogP contribution in [0.5, 0.6) is 5.75 Å². The van der Waals surface area contributed by atoms with Crippen LogP contribution in [0.2, 0.25) is 0 Å². The highest BCUT2D eigenvalue weighted by Crippen LogP contribution is 2.31. The Labute approximate surface area is 103 Å². The standard InChI is InChI=1S/C13H10N2O3/c16-11-8-4-7-10(13(17)18)12(11)15-14-9-5-2-1-3-6-9/h1-8,16H,(H,17,18). The van der Waals surface area contributed by atoms with Gasteiger partial charge >= 0.3 is 5.97 Å². The van der Waals surface area contributed by atoms with Gasteiger partial charge in [0, 0.05) is 0 Å². The normalized spacial score (nSPS) is 10.7. The molecule has 18 heavy (non-hydrogen) atoms. The molecule has 2 aromatic carbocycles. The molecule has 0 atom stereocenters. The van der Waals surface area contributed by atoms with Gasteiger partial charge in [-0.2, -0.15) is 5.11 Å². The number of aromatic hydroxyl groups is 1. The van der Waals surface area contributed by atoms with Crippen LogP contribution in [0, 0.1) is 0 Å². The predicted molar refractivity (Wildman–Crippen MR) is 65.7 cm³/mol. The molecule has 0 radical (unpaired) electrons. The van der Waals surface area contributed by atoms with Gasteiger partial charge in [0.05, 0.1) is 11.3 Å². The fourth-order valence-electron chi connectivity index (χ4n) is 1.41. The van der Waals surface area contributed by atoms with Crippen LogP contribution in [0.15, 0.2) is 58.8 Å². The Hall–Kier alpha value is -2.69. The van der Waals surface area contributed by atoms with Crippen molar-refractivity contribution in [2.24, 2.45) is 10.2 Å². The second kappa shape index (κ2) is 5.09. The molecule has 0 aliphatic heterocycles. The Kier molecular flexibility index (Phi) is 3.33. The zero-order valence-electron chi connectivity index (χ0n) is 9.32. The van der Waals surface area contributed by atoms with Gasteiger partial charge in [-0.1, -0.05) is 24.3 Å². The molecule has 0 spiro atoms. The molecule has 5 heteroatoms. The van der Waals surface area contributed by atoms with Crippen LogP contribution in [-0.4, -0.2) is 16.2 Å². The summed E-state index contributed by atoms with van der Waals surface area (Å²) in [5.41, 5.74) is 0.445. The van der Waals surface area contributed by atoms with E-state index in [1.54, 1.807) is 24.3 Å². The Morgan fingerprint density at radius 2 is 1.67 bits per heavy atom. The fraction of sp³-hybridized carbons (Fsp3) is 0. The van der Waals surface area contributed by atoms with Gasteiger partial charge in [0.25, 0.3) is 0 Å². The molecular weight excluding hydrogens is 232 g/mol. The van der Waals surface area contributed by atoms with E-state index >= 15 is 0 Å². The lowest BCUT2D eigenvalue weighted by Crippen LogP contribution is -1.95. The van der Waals surface area contributed by atoms with Crippen molar-refractivity contribution in [1.82, 2.24) is 0 Å². The molecule has 0 saturated carbocycles. The number of nitrogens with zero attached hydrogens (tertiary/aromatic N) is 2. The average molecular weight is 242 g/mol. The number of hydrogen-bond acceptors (Lipinski definition) is 4. The smallest absolute Gasteiger partial charge is 0.338 e. The third kappa shape index (κ3) is 2.52. The van der Waals surface area contributed by atoms with Crippen LogP contribution in [0.3, 0.4) is 0 Å². The zero-order valence-corrected chi connectivity index (χ0v) is 9.32. The summed E-state index contributed by atoms with van der Waals surface area (Å²) < 4.78 is 0. The summed E-state index contributed by atoms with van der Waals surface area (Å²) in [5, 5.41) is 26.2. The Balaban J connectivity index is 2.40. The highest BCUT2D eigenvalue weighted by atomic mass is 16.4. The van der Waals surface area contributed by atoms with Crippen LogP contribution in [0.4, 0.5) is 11.4 Å². The third-order valence-electron chi connectivity index (χ3n) is 2.27. The van der Waals surface area contributed by atoms with Crippen molar-refractivity contribution in [3.8, 4) is 5.75 Å². The summed E-state index contributed by atoms with van der Waals surface area (Å²) in [6.45, 7) is 0. The molecule has 0 aliphatic carbocycles. The maximum atomic E-state index is 11.0. The SMILES string of the molecule is O=C(O)c1cccc(O)c1N=Nc1ccccc1. The quantitative estimate of drug-likeness (QED) is 0.808. The number of carboxylic acid groups (broad SMARTS) is 1. The number of phenolic OH excluding ortho intramolecular Hbond substituents is 1. The molecule has 2 aromatic rings. The van der Waals surface area contributed by atoms with Gasteiger partial charge in [-0.15, -0.1) is 5.11 Å². The van der Waals surface area contributed by atoms with Gasteiger partial charge in [-0.3, -0.25) is 0 Å². The molecule has 0 aliphatic rings. The van der Waals surface area contributed by atoms with E-state index in [0.29, 0.717) is 5.69 Å². The second-order valence-corrected chi connectivity index (χ2v) is 3.51. The molecule has 0 fully saturated rings. The Bertz CT molecular complexity index is 594. The van der Waals surface area contributed by atoms with Gasteiger partial charge in [0.1, 0.15) is 11.4 Å². The maximum absolute atomic E-state index is 11.0. The van der Waals surface area contributed by atoms with Crippen molar-refractivity contribution in [2.75, 3.05) is 0 Å². The predicted octanol–water partition coefficient (Wildman–Crippen LogP) is 3.51. The van der Waals surface area contributed by atoms with E-state index in [0.717, 1.165) is 0 Å². The van der Waals surface area contributed by atoms with Crippen LogP contribution < -0.4 is 0 Å². The van der Waals surface area contributed by atoms with Crippen molar-refractivity contribution < 1.29 is 15.0 Å². The van der Waals surface area contributed by atoms with E-state index in [1.165, 1.54) is 18.2 Å². The van der Waals surface area contributed by atoms with Gasteiger partial charge in [-0.05, 0) is 24.3 Å². The lowest BCUT2D eigenvalue weighted by atomic mass is 10.1. The largest absolute Gasteiger partial charge is 0.506 e. The van der Waals surface area contributed by atoms with E-state index in [2.05, 4.69) is 10.2 Å². The number of phenols is 1. The lowest BCUT2D eigenvalue weighted by Gasteiger charge is -2.01. The summed E-state index contributed by atoms with van der Waals surface area (Å²) in [7, 11) is 0. The third-order valence-corrected chi connectivity index (χ3v) is 2.27. The number of rotatable bonds is 3. The van der Waals surface area contributed by atoms with E-state index < -0.39 is 5.97 Å². The summed E-state index contributed by atoms with van der Waals surface area (Å²) in [4.78, 5) is 11.0. The molecule has 0 aromatic heterocycles. The number of azo groups is 1. The van der Waals surface area contributed by atoms with E-state index in [9.17, 15) is 9.90 Å². The lowest BCUT2D eigenvalue weighted by molar-refractivity contribution is 0.0697. The summed E-state index contributed by atoms with van der Waals surface area (Å²) in [6, 6.07) is 13.0. The average Bonchev–Trinajstić information content (AvgIpc) is 2.38. The first-order valence-corrected chi connectivity index (χ1v) is 5.20.